The van der Waals surface area contributed by atoms with Gasteiger partial charge in [0.1, 0.15) is 0 Å². The molecule has 0 aromatic carbocycles. The number of aliphatic carboxylic acids is 1. The molecule has 4 aliphatic carbocycles. The van der Waals surface area contributed by atoms with Crippen LogP contribution < -0.4 is 0 Å². The second-order valence-electron chi connectivity index (χ2n) is 11.4. The zero-order valence-corrected chi connectivity index (χ0v) is 17.9. The Morgan fingerprint density at radius 3 is 2.39 bits per heavy atom. The fraction of sp³-hybridized carbons (Fsp3) is 0.958. The molecule has 0 heterocycles. The van der Waals surface area contributed by atoms with Crippen molar-refractivity contribution in [1.82, 2.24) is 0 Å². The summed E-state index contributed by atoms with van der Waals surface area (Å²) in [5, 5.41) is 30.5. The van der Waals surface area contributed by atoms with Crippen molar-refractivity contribution in [2.75, 3.05) is 0 Å². The number of hydrogen-bond acceptors (Lipinski definition) is 3. The first-order chi connectivity index (χ1) is 13.2. The van der Waals surface area contributed by atoms with Crippen LogP contribution >= 0.6 is 0 Å². The van der Waals surface area contributed by atoms with Crippen molar-refractivity contribution in [3.05, 3.63) is 0 Å². The van der Waals surface area contributed by atoms with Crippen LogP contribution in [-0.4, -0.2) is 33.5 Å². The quantitative estimate of drug-likeness (QED) is 0.659. The summed E-state index contributed by atoms with van der Waals surface area (Å²) in [6, 6.07) is 0. The fourth-order valence-electron chi connectivity index (χ4n) is 8.73. The molecule has 0 amide bonds. The van der Waals surface area contributed by atoms with Crippen molar-refractivity contribution in [1.29, 1.82) is 0 Å². The van der Waals surface area contributed by atoms with E-state index in [1.807, 2.05) is 0 Å². The van der Waals surface area contributed by atoms with E-state index in [1.54, 1.807) is 0 Å². The van der Waals surface area contributed by atoms with Gasteiger partial charge in [0.15, 0.2) is 0 Å². The van der Waals surface area contributed by atoms with Gasteiger partial charge in [-0.25, -0.2) is 0 Å². The van der Waals surface area contributed by atoms with Crippen LogP contribution in [-0.2, 0) is 4.79 Å². The van der Waals surface area contributed by atoms with Crippen LogP contribution in [0.25, 0.3) is 0 Å². The Labute approximate surface area is 170 Å². The summed E-state index contributed by atoms with van der Waals surface area (Å²) in [5.74, 6) is 2.36. The Balaban J connectivity index is 1.55. The summed E-state index contributed by atoms with van der Waals surface area (Å²) in [6.45, 7) is 7.16. The number of carboxylic acids is 1. The van der Waals surface area contributed by atoms with Gasteiger partial charge in [-0.1, -0.05) is 20.8 Å². The summed E-state index contributed by atoms with van der Waals surface area (Å²) < 4.78 is 0. The first-order valence-corrected chi connectivity index (χ1v) is 11.7. The Morgan fingerprint density at radius 2 is 1.68 bits per heavy atom. The van der Waals surface area contributed by atoms with Crippen LogP contribution in [0.2, 0.25) is 0 Å². The van der Waals surface area contributed by atoms with Crippen molar-refractivity contribution in [2.24, 2.45) is 46.3 Å². The zero-order valence-electron chi connectivity index (χ0n) is 17.9. The fourth-order valence-corrected chi connectivity index (χ4v) is 8.73. The summed E-state index contributed by atoms with van der Waals surface area (Å²) >= 11 is 0. The van der Waals surface area contributed by atoms with E-state index < -0.39 is 5.97 Å². The van der Waals surface area contributed by atoms with E-state index in [-0.39, 0.29) is 29.5 Å². The number of hydrogen-bond donors (Lipinski definition) is 3. The molecule has 0 bridgehead atoms. The second kappa shape index (κ2) is 7.27. The Bertz CT molecular complexity index is 605. The van der Waals surface area contributed by atoms with E-state index >= 15 is 0 Å². The van der Waals surface area contributed by atoms with E-state index in [2.05, 4.69) is 20.8 Å². The Morgan fingerprint density at radius 1 is 1.00 bits per heavy atom. The molecule has 4 aliphatic rings. The van der Waals surface area contributed by atoms with Crippen LogP contribution in [0.15, 0.2) is 0 Å². The third-order valence-corrected chi connectivity index (χ3v) is 10.2. The van der Waals surface area contributed by atoms with Crippen LogP contribution in [0, 0.1) is 46.3 Å². The molecule has 0 aromatic rings. The maximum atomic E-state index is 11.2. The second-order valence-corrected chi connectivity index (χ2v) is 11.4. The predicted molar refractivity (Wildman–Crippen MR) is 109 cm³/mol. The molecule has 0 spiro atoms. The third kappa shape index (κ3) is 3.14. The van der Waals surface area contributed by atoms with Crippen molar-refractivity contribution in [2.45, 2.75) is 97.2 Å². The van der Waals surface area contributed by atoms with Crippen LogP contribution in [0.4, 0.5) is 0 Å². The van der Waals surface area contributed by atoms with Gasteiger partial charge in [0.2, 0.25) is 0 Å². The minimum absolute atomic E-state index is 0.179. The largest absolute Gasteiger partial charge is 0.481 e. The average molecular weight is 393 g/mol. The third-order valence-electron chi connectivity index (χ3n) is 10.2. The van der Waals surface area contributed by atoms with Crippen molar-refractivity contribution in [3.8, 4) is 0 Å². The average Bonchev–Trinajstić information content (AvgIpc) is 2.98. The number of carboxylic acid groups (broad SMARTS) is 1. The number of carbonyl (C=O) groups is 1. The standard InChI is InChI=1S/C24H40O4/c1-14(4-7-21(27)28)17-5-6-18-22-19(9-11-24(17,18)3)23(2)10-8-16(25)12-15(23)13-20(22)26/h14-20,22,25-26H,4-13H2,1-3H3,(H,27,28)/t14-,15-,16-,17-,18?,19?,20-,22+,23+,24-/m1/s1. The predicted octanol–water partition coefficient (Wildman–Crippen LogP) is 4.48. The van der Waals surface area contributed by atoms with Gasteiger partial charge >= 0.3 is 5.97 Å². The Kier molecular flexibility index (Phi) is 5.36. The van der Waals surface area contributed by atoms with Gasteiger partial charge in [0.05, 0.1) is 12.2 Å². The molecule has 3 N–H and O–H groups in total. The molecule has 4 rings (SSSR count). The van der Waals surface area contributed by atoms with E-state index in [0.29, 0.717) is 35.5 Å². The molecule has 0 radical (unpaired) electrons. The molecular formula is C24H40O4. The van der Waals surface area contributed by atoms with Gasteiger partial charge in [-0.2, -0.15) is 0 Å². The molecule has 0 saturated heterocycles. The molecule has 28 heavy (non-hydrogen) atoms. The summed E-state index contributed by atoms with van der Waals surface area (Å²) in [6.07, 6.45) is 9.19. The normalized spacial score (nSPS) is 51.7. The highest BCUT2D eigenvalue weighted by Crippen LogP contribution is 2.68. The van der Waals surface area contributed by atoms with Crippen molar-refractivity contribution < 1.29 is 20.1 Å². The lowest BCUT2D eigenvalue weighted by Crippen LogP contribution is -2.58. The van der Waals surface area contributed by atoms with Gasteiger partial charge in [-0.05, 0) is 104 Å². The number of aliphatic hydroxyl groups excluding tert-OH is 2. The molecule has 4 saturated carbocycles. The maximum absolute atomic E-state index is 11.2. The minimum Gasteiger partial charge on any atom is -0.481 e. The lowest BCUT2D eigenvalue weighted by Gasteiger charge is -2.62. The number of fused-ring (bicyclic) bond motifs is 5. The molecule has 10 atom stereocenters. The van der Waals surface area contributed by atoms with E-state index in [9.17, 15) is 15.0 Å². The molecule has 0 aliphatic heterocycles. The molecule has 0 aromatic heterocycles. The van der Waals surface area contributed by atoms with Crippen LogP contribution in [0.1, 0.15) is 85.0 Å². The summed E-state index contributed by atoms with van der Waals surface area (Å²) in [5.41, 5.74) is 0.523. The lowest BCUT2D eigenvalue weighted by molar-refractivity contribution is -0.174. The monoisotopic (exact) mass is 392 g/mol. The van der Waals surface area contributed by atoms with Gasteiger partial charge in [-0.3, -0.25) is 4.79 Å². The molecular weight excluding hydrogens is 352 g/mol. The zero-order chi connectivity index (χ0) is 20.3. The van der Waals surface area contributed by atoms with Crippen LogP contribution in [0.3, 0.4) is 0 Å². The molecule has 4 heteroatoms. The summed E-state index contributed by atoms with van der Waals surface area (Å²) in [7, 11) is 0. The minimum atomic E-state index is -0.684. The molecule has 160 valence electrons. The van der Waals surface area contributed by atoms with E-state index in [0.717, 1.165) is 32.1 Å². The highest BCUT2D eigenvalue weighted by atomic mass is 16.4. The van der Waals surface area contributed by atoms with Gasteiger partial charge in [-0.15, -0.1) is 0 Å². The highest BCUT2D eigenvalue weighted by Gasteiger charge is 2.62. The molecule has 4 fully saturated rings. The first-order valence-electron chi connectivity index (χ1n) is 11.7. The first kappa shape index (κ1) is 20.7. The number of rotatable bonds is 4. The molecule has 2 unspecified atom stereocenters. The van der Waals surface area contributed by atoms with Gasteiger partial charge in [0, 0.05) is 6.42 Å². The van der Waals surface area contributed by atoms with Crippen LogP contribution in [0.5, 0.6) is 0 Å². The van der Waals surface area contributed by atoms with Crippen molar-refractivity contribution in [3.63, 3.8) is 0 Å². The lowest BCUT2D eigenvalue weighted by atomic mass is 9.43. The Hall–Kier alpha value is -0.610. The molecule has 4 nitrogen and oxygen atoms in total. The van der Waals surface area contributed by atoms with Crippen molar-refractivity contribution >= 4 is 5.97 Å². The maximum Gasteiger partial charge on any atom is 0.303 e. The van der Waals surface area contributed by atoms with Gasteiger partial charge in [0.25, 0.3) is 0 Å². The number of aliphatic hydroxyl groups is 2. The van der Waals surface area contributed by atoms with Gasteiger partial charge < -0.3 is 15.3 Å². The van der Waals surface area contributed by atoms with E-state index in [4.69, 9.17) is 5.11 Å². The highest BCUT2D eigenvalue weighted by molar-refractivity contribution is 5.66. The smallest absolute Gasteiger partial charge is 0.303 e. The summed E-state index contributed by atoms with van der Waals surface area (Å²) in [4.78, 5) is 11.1. The topological polar surface area (TPSA) is 77.8 Å². The van der Waals surface area contributed by atoms with E-state index in [1.165, 1.54) is 25.7 Å². The SMILES string of the molecule is C[C@H](CCC(=O)O)[C@H]1CCC2[C@H]3C(CC[C@@]21C)[C@@]1(C)CC[C@@H](O)C[C@@H]1C[C@H]3O.